The van der Waals surface area contributed by atoms with Crippen LogP contribution in [0.25, 0.3) is 0 Å². The van der Waals surface area contributed by atoms with E-state index in [1.807, 2.05) is 25.9 Å². The number of carbonyl (C=O) groups excluding carboxylic acids is 2. The summed E-state index contributed by atoms with van der Waals surface area (Å²) in [7, 11) is 6.45. The van der Waals surface area contributed by atoms with Gasteiger partial charge in [-0.05, 0) is 6.42 Å². The van der Waals surface area contributed by atoms with E-state index in [4.69, 9.17) is 5.11 Å². The Labute approximate surface area is 131 Å². The third-order valence-electron chi connectivity index (χ3n) is 1.78. The average Bonchev–Trinajstić information content (AvgIpc) is 2.51. The van der Waals surface area contributed by atoms with Crippen LogP contribution in [-0.4, -0.2) is 56.2 Å². The van der Waals surface area contributed by atoms with Crippen molar-refractivity contribution in [3.63, 3.8) is 0 Å². The first-order valence-corrected chi connectivity index (χ1v) is 6.21. The normalized spacial score (nSPS) is 8.86. The number of carbonyl (C=O) groups is 3. The van der Waals surface area contributed by atoms with Gasteiger partial charge >= 0.3 is 17.9 Å². The molecule has 0 saturated carbocycles. The maximum atomic E-state index is 11.0. The Morgan fingerprint density at radius 2 is 1.55 bits per heavy atom. The van der Waals surface area contributed by atoms with Crippen LogP contribution in [0.1, 0.15) is 13.3 Å². The van der Waals surface area contributed by atoms with E-state index in [1.165, 1.54) is 14.2 Å². The third kappa shape index (κ3) is 19.8. The van der Waals surface area contributed by atoms with Crippen LogP contribution >= 0.6 is 0 Å². The lowest BCUT2D eigenvalue weighted by Crippen LogP contribution is -2.10. The monoisotopic (exact) mass is 315 g/mol. The molecule has 0 aromatic heterocycles. The molecule has 0 rings (SSSR count). The van der Waals surface area contributed by atoms with Gasteiger partial charge in [0.2, 0.25) is 0 Å². The molecule has 0 aliphatic heterocycles. The largest absolute Gasteiger partial charge is 0.478 e. The van der Waals surface area contributed by atoms with E-state index in [-0.39, 0.29) is 5.97 Å². The highest BCUT2D eigenvalue weighted by molar-refractivity contribution is 5.88. The highest BCUT2D eigenvalue weighted by atomic mass is 16.5. The van der Waals surface area contributed by atoms with Crippen LogP contribution in [-0.2, 0) is 23.9 Å². The van der Waals surface area contributed by atoms with Crippen LogP contribution in [0.15, 0.2) is 37.1 Å². The van der Waals surface area contributed by atoms with Crippen molar-refractivity contribution in [2.24, 2.45) is 0 Å². The van der Waals surface area contributed by atoms with Crippen molar-refractivity contribution in [2.75, 3.05) is 28.3 Å². The van der Waals surface area contributed by atoms with Crippen LogP contribution in [0.3, 0.4) is 0 Å². The van der Waals surface area contributed by atoms with Crippen molar-refractivity contribution in [3.8, 4) is 0 Å². The Morgan fingerprint density at radius 3 is 1.68 bits per heavy atom. The van der Waals surface area contributed by atoms with Gasteiger partial charge < -0.3 is 19.5 Å². The summed E-state index contributed by atoms with van der Waals surface area (Å²) < 4.78 is 8.71. The highest BCUT2D eigenvalue weighted by Crippen LogP contribution is 2.02. The van der Waals surface area contributed by atoms with E-state index in [0.717, 1.165) is 12.2 Å². The fourth-order valence-corrected chi connectivity index (χ4v) is 0.814. The molecular formula is C15H25NO6. The zero-order valence-corrected chi connectivity index (χ0v) is 13.8. The van der Waals surface area contributed by atoms with Crippen molar-refractivity contribution in [1.29, 1.82) is 0 Å². The second-order valence-corrected chi connectivity index (χ2v) is 3.73. The zero-order valence-electron chi connectivity index (χ0n) is 13.8. The minimum absolute atomic E-state index is 0.249. The van der Waals surface area contributed by atoms with E-state index in [2.05, 4.69) is 22.6 Å². The number of hydrogen-bond acceptors (Lipinski definition) is 6. The summed E-state index contributed by atoms with van der Waals surface area (Å²) in [5.74, 6) is -1.62. The SMILES string of the molecule is C=CC(=O)O.C=CC(=O)OC.CCC(=CN(C)C)C(=O)OC. The number of carboxylic acids is 1. The van der Waals surface area contributed by atoms with E-state index in [9.17, 15) is 14.4 Å². The fraction of sp³-hybridized carbons (Fsp3) is 0.400. The first-order chi connectivity index (χ1) is 10.2. The third-order valence-corrected chi connectivity index (χ3v) is 1.78. The lowest BCUT2D eigenvalue weighted by molar-refractivity contribution is -0.136. The van der Waals surface area contributed by atoms with Crippen LogP contribution in [0.2, 0.25) is 0 Å². The van der Waals surface area contributed by atoms with Crippen LogP contribution in [0.5, 0.6) is 0 Å². The molecule has 0 radical (unpaired) electrons. The smallest absolute Gasteiger partial charge is 0.335 e. The van der Waals surface area contributed by atoms with Gasteiger partial charge in [0.05, 0.1) is 19.8 Å². The molecule has 0 spiro atoms. The molecule has 0 aromatic rings. The molecule has 0 aliphatic rings. The lowest BCUT2D eigenvalue weighted by Gasteiger charge is -2.07. The molecule has 0 aromatic carbocycles. The molecule has 0 aliphatic carbocycles. The second-order valence-electron chi connectivity index (χ2n) is 3.73. The summed E-state index contributed by atoms with van der Waals surface area (Å²) in [5, 5.41) is 7.60. The predicted octanol–water partition coefficient (Wildman–Crippen LogP) is 1.62. The number of aliphatic carboxylic acids is 1. The maximum Gasteiger partial charge on any atom is 0.335 e. The molecule has 126 valence electrons. The molecule has 7 nitrogen and oxygen atoms in total. The van der Waals surface area contributed by atoms with E-state index < -0.39 is 11.9 Å². The molecule has 0 bridgehead atoms. The van der Waals surface area contributed by atoms with E-state index in [0.29, 0.717) is 12.0 Å². The highest BCUT2D eigenvalue weighted by Gasteiger charge is 2.05. The summed E-state index contributed by atoms with van der Waals surface area (Å²) in [4.78, 5) is 31.9. The van der Waals surface area contributed by atoms with Gasteiger partial charge in [-0.15, -0.1) is 0 Å². The molecule has 0 saturated heterocycles. The average molecular weight is 315 g/mol. The maximum absolute atomic E-state index is 11.0. The molecular weight excluding hydrogens is 290 g/mol. The van der Waals surface area contributed by atoms with Gasteiger partial charge in [0, 0.05) is 32.4 Å². The molecule has 0 unspecified atom stereocenters. The molecule has 0 fully saturated rings. The predicted molar refractivity (Wildman–Crippen MR) is 84.1 cm³/mol. The first-order valence-electron chi connectivity index (χ1n) is 6.21. The van der Waals surface area contributed by atoms with Crippen molar-refractivity contribution in [1.82, 2.24) is 4.90 Å². The number of esters is 2. The summed E-state index contributed by atoms with van der Waals surface area (Å²) in [6, 6.07) is 0. The topological polar surface area (TPSA) is 93.1 Å². The minimum atomic E-state index is -0.981. The summed E-state index contributed by atoms with van der Waals surface area (Å²) in [6.45, 7) is 8.04. The molecule has 22 heavy (non-hydrogen) atoms. The lowest BCUT2D eigenvalue weighted by atomic mass is 10.2. The van der Waals surface area contributed by atoms with Crippen LogP contribution in [0, 0.1) is 0 Å². The molecule has 0 atom stereocenters. The minimum Gasteiger partial charge on any atom is -0.478 e. The van der Waals surface area contributed by atoms with E-state index >= 15 is 0 Å². The quantitative estimate of drug-likeness (QED) is 0.608. The van der Waals surface area contributed by atoms with Crippen molar-refractivity contribution in [3.05, 3.63) is 37.1 Å². The number of methoxy groups -OCH3 is 2. The van der Waals surface area contributed by atoms with Gasteiger partial charge in [-0.1, -0.05) is 20.1 Å². The van der Waals surface area contributed by atoms with Crippen LogP contribution < -0.4 is 0 Å². The second kappa shape index (κ2) is 16.5. The number of ether oxygens (including phenoxy) is 2. The number of rotatable bonds is 5. The molecule has 0 heterocycles. The molecule has 7 heteroatoms. The number of nitrogens with zero attached hydrogens (tertiary/aromatic N) is 1. The van der Waals surface area contributed by atoms with Crippen molar-refractivity contribution in [2.45, 2.75) is 13.3 Å². The Balaban J connectivity index is -0.000000277. The van der Waals surface area contributed by atoms with Gasteiger partial charge in [-0.2, -0.15) is 0 Å². The van der Waals surface area contributed by atoms with Gasteiger partial charge in [0.1, 0.15) is 0 Å². The Kier molecular flexibility index (Phi) is 18.3. The van der Waals surface area contributed by atoms with Gasteiger partial charge in [0.15, 0.2) is 0 Å². The summed E-state index contributed by atoms with van der Waals surface area (Å²) in [5.41, 5.74) is 0.692. The van der Waals surface area contributed by atoms with Crippen LogP contribution in [0.4, 0.5) is 0 Å². The number of hydrogen-bond donors (Lipinski definition) is 1. The van der Waals surface area contributed by atoms with Gasteiger partial charge in [0.25, 0.3) is 0 Å². The Hall–Kier alpha value is -2.57. The van der Waals surface area contributed by atoms with E-state index in [1.54, 1.807) is 6.20 Å². The Bertz CT molecular complexity index is 399. The van der Waals surface area contributed by atoms with Gasteiger partial charge in [-0.3, -0.25) is 0 Å². The summed E-state index contributed by atoms with van der Waals surface area (Å²) in [6.07, 6.45) is 4.41. The standard InChI is InChI=1S/C8H15NO2.C4H6O2.C3H4O2/c1-5-7(6-9(2)3)8(10)11-4;1-3-4(5)6-2;1-2-3(4)5/h6H,5H2,1-4H3;3H,1H2,2H3;2H,1H2,(H,4,5). The fourth-order valence-electron chi connectivity index (χ4n) is 0.814. The zero-order chi connectivity index (χ0) is 18.1. The number of carboxylic acid groups (broad SMARTS) is 1. The molecule has 0 amide bonds. The summed E-state index contributed by atoms with van der Waals surface area (Å²) >= 11 is 0. The van der Waals surface area contributed by atoms with Gasteiger partial charge in [-0.25, -0.2) is 14.4 Å². The first kappa shape index (κ1) is 24.4. The Morgan fingerprint density at radius 1 is 1.09 bits per heavy atom. The van der Waals surface area contributed by atoms with Crippen molar-refractivity contribution >= 4 is 17.9 Å². The molecule has 1 N–H and O–H groups in total. The van der Waals surface area contributed by atoms with Crippen molar-refractivity contribution < 1.29 is 29.0 Å².